The third-order valence-corrected chi connectivity index (χ3v) is 15.9. The monoisotopic (exact) mass is 1370 g/mol. The van der Waals surface area contributed by atoms with Crippen LogP contribution in [0.5, 0.6) is 23.0 Å². The summed E-state index contributed by atoms with van der Waals surface area (Å²) in [5.41, 5.74) is 12.4. The van der Waals surface area contributed by atoms with Crippen LogP contribution in [0.15, 0.2) is 208 Å². The Hall–Kier alpha value is -8.69. The highest BCUT2D eigenvalue weighted by molar-refractivity contribution is 6.31. The van der Waals surface area contributed by atoms with Crippen LogP contribution in [0, 0.1) is 0 Å². The van der Waals surface area contributed by atoms with Crippen LogP contribution in [-0.4, -0.2) is 207 Å². The second-order valence-corrected chi connectivity index (χ2v) is 22.9. The van der Waals surface area contributed by atoms with Gasteiger partial charge in [-0.2, -0.15) is 0 Å². The number of ether oxygens (including phenoxy) is 16. The average Bonchev–Trinajstić information content (AvgIpc) is 1.61. The van der Waals surface area contributed by atoms with Gasteiger partial charge in [0.05, 0.1) is 173 Å². The Bertz CT molecular complexity index is 3940. The molecular weight excluding hydrogens is 1280 g/mol. The number of hydrogen-bond donors (Lipinski definition) is 2. The van der Waals surface area contributed by atoms with Gasteiger partial charge in [-0.3, -0.25) is 10.1 Å². The molecule has 0 fully saturated rings. The smallest absolute Gasteiger partial charge is 0.181 e. The number of fused-ring (bicyclic) bond motifs is 6. The van der Waals surface area contributed by atoms with Crippen LogP contribution in [0.25, 0.3) is 22.3 Å². The summed E-state index contributed by atoms with van der Waals surface area (Å²) in [6, 6.07) is 39.7. The van der Waals surface area contributed by atoms with Crippen LogP contribution in [-0.2, 0) is 63.4 Å². The van der Waals surface area contributed by atoms with E-state index in [1.165, 1.54) is 12.1 Å². The Kier molecular flexibility index (Phi) is 30.9. The topological polar surface area (TPSA) is 227 Å². The quantitative estimate of drug-likeness (QED) is 0.0364. The maximum Gasteiger partial charge on any atom is 0.181 e. The molecule has 8 bridgehead atoms. The first-order chi connectivity index (χ1) is 49.4. The summed E-state index contributed by atoms with van der Waals surface area (Å²) in [4.78, 5) is 26.4. The molecule has 0 saturated heterocycles. The average molecular weight is 1370 g/mol. The molecule has 10 rings (SSSR count). The van der Waals surface area contributed by atoms with Gasteiger partial charge in [0.25, 0.3) is 0 Å². The maximum absolute atomic E-state index is 11.4. The van der Waals surface area contributed by atoms with Gasteiger partial charge in [-0.25, -0.2) is 9.98 Å². The van der Waals surface area contributed by atoms with E-state index in [4.69, 9.17) is 85.8 Å². The number of pyridine rings is 1. The predicted octanol–water partition coefficient (Wildman–Crippen LogP) is 7.08. The number of methoxy groups -OCH3 is 3. The van der Waals surface area contributed by atoms with E-state index in [0.717, 1.165) is 89.5 Å². The molecule has 22 nitrogen and oxygen atoms in total. The first-order valence-corrected chi connectivity index (χ1v) is 33.9. The lowest BCUT2D eigenvalue weighted by molar-refractivity contribution is -0.537. The first-order valence-electron chi connectivity index (χ1n) is 33.9. The highest BCUT2D eigenvalue weighted by atomic mass is 16.6. The Morgan fingerprint density at radius 2 is 0.620 bits per heavy atom. The number of hydrogen-bond acceptors (Lipinski definition) is 19. The van der Waals surface area contributed by atoms with Crippen molar-refractivity contribution in [2.45, 2.75) is 6.54 Å². The molecule has 0 spiro atoms. The van der Waals surface area contributed by atoms with Gasteiger partial charge in [-0.1, -0.05) is 48.5 Å². The number of nitrogens with zero attached hydrogens (tertiary/aromatic N) is 3. The van der Waals surface area contributed by atoms with E-state index >= 15 is 0 Å². The summed E-state index contributed by atoms with van der Waals surface area (Å²) < 4.78 is 93.1. The number of benzene rings is 4. The molecule has 3 N–H and O–H groups in total. The lowest BCUT2D eigenvalue weighted by Crippen LogP contribution is -2.78. The summed E-state index contributed by atoms with van der Waals surface area (Å²) in [5, 5.41) is 3.92. The van der Waals surface area contributed by atoms with Gasteiger partial charge in [0.15, 0.2) is 5.43 Å². The number of allylic oxidation sites excluding steroid dienone is 8. The fourth-order valence-electron chi connectivity index (χ4n) is 11.0. The zero-order valence-electron chi connectivity index (χ0n) is 57.4. The molecule has 2 aromatic heterocycles. The van der Waals surface area contributed by atoms with Crippen molar-refractivity contribution in [2.75, 3.05) is 187 Å². The summed E-state index contributed by atoms with van der Waals surface area (Å²) in [5.74, 6) is 2.83. The molecule has 4 aliphatic rings. The normalized spacial score (nSPS) is 14.1. The van der Waals surface area contributed by atoms with E-state index in [1.807, 2.05) is 53.1 Å². The third-order valence-electron chi connectivity index (χ3n) is 15.9. The lowest BCUT2D eigenvalue weighted by Gasteiger charge is -2.15. The molecule has 0 amide bonds. The van der Waals surface area contributed by atoms with E-state index in [9.17, 15) is 4.79 Å². The number of nitrogens with one attached hydrogen (secondary N) is 1. The Balaban J connectivity index is 0.935. The molecule has 4 aliphatic heterocycles. The van der Waals surface area contributed by atoms with Gasteiger partial charge >= 0.3 is 0 Å². The third kappa shape index (κ3) is 23.2. The number of rotatable bonds is 47. The number of nitrogens with two attached hydrogens (primary N) is 1. The SMILES string of the molecule is COCCOCCOCCOc1ccc(C2=C3C=CC(=N3)C(c3ccc(OCCOCCOCCOC)cc3)=c3ccc([nH]3)=C(c3ccc(OCCOCCOCCOCCn4ccc(=O)cc4)cc3)C3=NC(=C(c4ccc(OCCOCCOCCOC)cc4)C4=CC=C2[NH2+]4)C=C3)cc1. The van der Waals surface area contributed by atoms with Crippen molar-refractivity contribution in [2.24, 2.45) is 9.98 Å². The number of aliphatic imine (C=N–C) groups is 2. The van der Waals surface area contributed by atoms with E-state index in [-0.39, 0.29) is 5.43 Å². The molecule has 4 aromatic carbocycles. The summed E-state index contributed by atoms with van der Waals surface area (Å²) in [6.07, 6.45) is 16.2. The van der Waals surface area contributed by atoms with Gasteiger partial charge in [-0.15, -0.1) is 0 Å². The maximum atomic E-state index is 11.4. The fourth-order valence-corrected chi connectivity index (χ4v) is 11.0. The molecule has 0 saturated carbocycles. The molecule has 100 heavy (non-hydrogen) atoms. The minimum atomic E-state index is -0.0172. The highest BCUT2D eigenvalue weighted by Gasteiger charge is 2.30. The van der Waals surface area contributed by atoms with E-state index in [2.05, 4.69) is 107 Å². The molecule has 22 heteroatoms. The fraction of sp³-hybridized carbons (Fsp3) is 0.372. The summed E-state index contributed by atoms with van der Waals surface area (Å²) in [7, 11) is 4.95. The molecule has 0 radical (unpaired) electrons. The minimum Gasteiger partial charge on any atom is -0.491 e. The van der Waals surface area contributed by atoms with E-state index in [1.54, 1.807) is 33.7 Å². The van der Waals surface area contributed by atoms with Gasteiger partial charge < -0.3 is 85.3 Å². The Morgan fingerprint density at radius 3 is 0.940 bits per heavy atom. The number of quaternary nitrogens is 1. The van der Waals surface area contributed by atoms with Crippen molar-refractivity contribution in [3.05, 3.63) is 236 Å². The van der Waals surface area contributed by atoms with Crippen molar-refractivity contribution in [3.8, 4) is 23.0 Å². The van der Waals surface area contributed by atoms with Crippen molar-refractivity contribution in [1.29, 1.82) is 0 Å². The van der Waals surface area contributed by atoms with Gasteiger partial charge in [0.1, 0.15) is 60.8 Å². The van der Waals surface area contributed by atoms with Crippen molar-refractivity contribution in [3.63, 3.8) is 0 Å². The first kappa shape index (κ1) is 74.0. The van der Waals surface area contributed by atoms with Crippen LogP contribution < -0.4 is 40.4 Å². The molecule has 6 heterocycles. The van der Waals surface area contributed by atoms with Crippen LogP contribution in [0.2, 0.25) is 0 Å². The lowest BCUT2D eigenvalue weighted by atomic mass is 9.99. The zero-order valence-corrected chi connectivity index (χ0v) is 57.4. The Labute approximate surface area is 584 Å². The van der Waals surface area contributed by atoms with Crippen LogP contribution >= 0.6 is 0 Å². The van der Waals surface area contributed by atoms with Crippen molar-refractivity contribution >= 4 is 33.7 Å². The number of H-pyrrole nitrogens is 1. The second kappa shape index (κ2) is 41.8. The number of aromatic amines is 1. The number of aromatic nitrogens is 2. The summed E-state index contributed by atoms with van der Waals surface area (Å²) in [6.45, 7) is 12.0. The van der Waals surface area contributed by atoms with E-state index < -0.39 is 0 Å². The largest absolute Gasteiger partial charge is 0.491 e. The van der Waals surface area contributed by atoms with Crippen LogP contribution in [0.3, 0.4) is 0 Å². The molecular formula is C78H92N5O17+. The van der Waals surface area contributed by atoms with Crippen molar-refractivity contribution in [1.82, 2.24) is 9.55 Å². The van der Waals surface area contributed by atoms with Crippen molar-refractivity contribution < 1.29 is 81.1 Å². The zero-order chi connectivity index (χ0) is 69.0. The molecule has 0 aliphatic carbocycles. The highest BCUT2D eigenvalue weighted by Crippen LogP contribution is 2.36. The second-order valence-electron chi connectivity index (χ2n) is 22.9. The van der Waals surface area contributed by atoms with Gasteiger partial charge in [0.2, 0.25) is 0 Å². The predicted molar refractivity (Wildman–Crippen MR) is 382 cm³/mol. The minimum absolute atomic E-state index is 0.0172. The van der Waals surface area contributed by atoms with Crippen LogP contribution in [0.4, 0.5) is 0 Å². The molecule has 6 aromatic rings. The van der Waals surface area contributed by atoms with Gasteiger partial charge in [-0.05, 0) is 107 Å². The molecule has 530 valence electrons. The standard InChI is InChI=1S/C78H91N5O17/c1-85-34-37-89-42-46-93-50-54-97-63-12-4-58(5-13-63)75-67-20-22-69(79-67)76(59-6-14-64(15-7-59)98-55-51-94-47-43-90-38-35-86-2)71-24-26-73(81-71)78(61-10-18-66(19-11-61)100-57-53-96-49-45-92-41-40-88-33-32-83-30-28-62(84)29-31-83)74-27-25-72(82-74)77(70-23-21-68(75)80-70)60-8-16-65(17-9-60)99-56-52-95-48-44-91-39-36-87-3/h4-31,79,82H,32-57H2,1-3H3/p+1. The van der Waals surface area contributed by atoms with Gasteiger partial charge in [0, 0.05) is 86.4 Å². The molecule has 0 atom stereocenters. The molecule has 0 unspecified atom stereocenters. The van der Waals surface area contributed by atoms with E-state index in [0.29, 0.717) is 195 Å². The summed E-state index contributed by atoms with van der Waals surface area (Å²) >= 11 is 0. The Morgan fingerprint density at radius 1 is 0.330 bits per heavy atom. The van der Waals surface area contributed by atoms with Crippen LogP contribution in [0.1, 0.15) is 22.3 Å².